The molecule has 0 radical (unpaired) electrons. The van der Waals surface area contributed by atoms with Gasteiger partial charge in [0.05, 0.1) is 16.8 Å². The minimum absolute atomic E-state index is 0.0860. The quantitative estimate of drug-likeness (QED) is 0.254. The van der Waals surface area contributed by atoms with E-state index >= 15 is 0 Å². The van der Waals surface area contributed by atoms with Crippen molar-refractivity contribution in [2.45, 2.75) is 20.4 Å². The van der Waals surface area contributed by atoms with Gasteiger partial charge in [0.1, 0.15) is 0 Å². The lowest BCUT2D eigenvalue weighted by Crippen LogP contribution is -2.20. The number of hydrogen-bond donors (Lipinski definition) is 0. The molecule has 5 nitrogen and oxygen atoms in total. The molecule has 0 N–H and O–H groups in total. The number of aryl methyl sites for hydroxylation is 1. The summed E-state index contributed by atoms with van der Waals surface area (Å²) in [7, 11) is 0. The van der Waals surface area contributed by atoms with Crippen LogP contribution < -0.4 is 4.80 Å². The Morgan fingerprint density at radius 1 is 0.970 bits per heavy atom. The van der Waals surface area contributed by atoms with Crippen LogP contribution in [-0.2, 0) is 11.3 Å². The SMILES string of the molecule is CCOCCn1c(=NC(=O)c2ccc(C(=O)c3ccccc3)cc2)sc2ccc(Cl)c(C)c21. The highest BCUT2D eigenvalue weighted by atomic mass is 35.5. The van der Waals surface area contributed by atoms with Crippen molar-refractivity contribution in [1.82, 2.24) is 4.57 Å². The molecular formula is C26H23ClN2O3S. The number of thiazole rings is 1. The summed E-state index contributed by atoms with van der Waals surface area (Å²) in [6, 6.07) is 19.5. The van der Waals surface area contributed by atoms with E-state index in [1.165, 1.54) is 11.3 Å². The second-order valence-corrected chi connectivity index (χ2v) is 8.86. The Balaban J connectivity index is 1.67. The molecule has 4 rings (SSSR count). The molecule has 1 amide bonds. The topological polar surface area (TPSA) is 60.7 Å². The molecule has 3 aromatic carbocycles. The number of ether oxygens (including phenoxy) is 1. The van der Waals surface area contributed by atoms with Crippen LogP contribution in [0.5, 0.6) is 0 Å². The second kappa shape index (κ2) is 10.3. The maximum atomic E-state index is 13.0. The third-order valence-electron chi connectivity index (χ3n) is 5.32. The average molecular weight is 479 g/mol. The Morgan fingerprint density at radius 2 is 1.64 bits per heavy atom. The third kappa shape index (κ3) is 4.98. The molecule has 1 aromatic heterocycles. The van der Waals surface area contributed by atoms with Gasteiger partial charge in [0.2, 0.25) is 0 Å². The molecular weight excluding hydrogens is 456 g/mol. The number of aromatic nitrogens is 1. The van der Waals surface area contributed by atoms with Crippen molar-refractivity contribution in [3.63, 3.8) is 0 Å². The zero-order valence-corrected chi connectivity index (χ0v) is 19.9. The fourth-order valence-corrected chi connectivity index (χ4v) is 4.85. The van der Waals surface area contributed by atoms with Crippen LogP contribution in [0.4, 0.5) is 0 Å². The number of nitrogens with zero attached hydrogens (tertiary/aromatic N) is 2. The molecule has 4 aromatic rings. The summed E-state index contributed by atoms with van der Waals surface area (Å²) >= 11 is 7.79. The molecule has 0 aliphatic heterocycles. The smallest absolute Gasteiger partial charge is 0.279 e. The van der Waals surface area contributed by atoms with E-state index in [9.17, 15) is 9.59 Å². The molecule has 168 valence electrons. The molecule has 33 heavy (non-hydrogen) atoms. The van der Waals surface area contributed by atoms with Crippen molar-refractivity contribution >= 4 is 44.8 Å². The van der Waals surface area contributed by atoms with Gasteiger partial charge in [-0.15, -0.1) is 0 Å². The van der Waals surface area contributed by atoms with E-state index in [0.717, 1.165) is 15.8 Å². The van der Waals surface area contributed by atoms with Crippen molar-refractivity contribution in [2.24, 2.45) is 4.99 Å². The van der Waals surface area contributed by atoms with E-state index in [-0.39, 0.29) is 11.7 Å². The fraction of sp³-hybridized carbons (Fsp3) is 0.192. The predicted octanol–water partition coefficient (Wildman–Crippen LogP) is 5.67. The molecule has 7 heteroatoms. The number of halogens is 1. The van der Waals surface area contributed by atoms with E-state index in [1.807, 2.05) is 48.7 Å². The lowest BCUT2D eigenvalue weighted by atomic mass is 10.0. The number of carbonyl (C=O) groups is 2. The molecule has 1 heterocycles. The average Bonchev–Trinajstić information content (AvgIpc) is 3.19. The first kappa shape index (κ1) is 23.1. The van der Waals surface area contributed by atoms with E-state index in [0.29, 0.717) is 46.3 Å². The van der Waals surface area contributed by atoms with E-state index in [1.54, 1.807) is 36.4 Å². The summed E-state index contributed by atoms with van der Waals surface area (Å²) in [5, 5.41) is 0.669. The van der Waals surface area contributed by atoms with Crippen molar-refractivity contribution in [3.05, 3.63) is 98.8 Å². The van der Waals surface area contributed by atoms with E-state index in [4.69, 9.17) is 16.3 Å². The molecule has 0 bridgehead atoms. The summed E-state index contributed by atoms with van der Waals surface area (Å²) in [6.07, 6.45) is 0. The Kier molecular flexibility index (Phi) is 7.18. The molecule has 0 unspecified atom stereocenters. The van der Waals surface area contributed by atoms with Crippen LogP contribution in [0.15, 0.2) is 71.7 Å². The number of carbonyl (C=O) groups excluding carboxylic acids is 2. The number of rotatable bonds is 7. The molecule has 0 fully saturated rings. The number of amides is 1. The van der Waals surface area contributed by atoms with Gasteiger partial charge in [-0.1, -0.05) is 65.4 Å². The minimum atomic E-state index is -0.367. The maximum absolute atomic E-state index is 13.0. The molecule has 0 saturated heterocycles. The number of benzene rings is 3. The number of hydrogen-bond acceptors (Lipinski definition) is 4. The highest BCUT2D eigenvalue weighted by molar-refractivity contribution is 7.16. The Bertz CT molecular complexity index is 1370. The highest BCUT2D eigenvalue weighted by Gasteiger charge is 2.14. The minimum Gasteiger partial charge on any atom is -0.380 e. The normalized spacial score (nSPS) is 11.8. The van der Waals surface area contributed by atoms with Gasteiger partial charge in [0, 0.05) is 34.9 Å². The van der Waals surface area contributed by atoms with Gasteiger partial charge in [0.15, 0.2) is 10.6 Å². The summed E-state index contributed by atoms with van der Waals surface area (Å²) in [5.74, 6) is -0.452. The van der Waals surface area contributed by atoms with Crippen molar-refractivity contribution in [3.8, 4) is 0 Å². The zero-order valence-electron chi connectivity index (χ0n) is 18.4. The van der Waals surface area contributed by atoms with Crippen LogP contribution in [0.3, 0.4) is 0 Å². The largest absolute Gasteiger partial charge is 0.380 e. The van der Waals surface area contributed by atoms with Gasteiger partial charge < -0.3 is 9.30 Å². The Labute approximate surface area is 200 Å². The van der Waals surface area contributed by atoms with Gasteiger partial charge in [-0.3, -0.25) is 9.59 Å². The second-order valence-electron chi connectivity index (χ2n) is 7.44. The lowest BCUT2D eigenvalue weighted by molar-refractivity contribution is 0.0993. The lowest BCUT2D eigenvalue weighted by Gasteiger charge is -2.08. The van der Waals surface area contributed by atoms with Crippen molar-refractivity contribution in [1.29, 1.82) is 0 Å². The zero-order chi connectivity index (χ0) is 23.4. The first-order valence-corrected chi connectivity index (χ1v) is 11.8. The molecule has 0 atom stereocenters. The van der Waals surface area contributed by atoms with Crippen LogP contribution in [0, 0.1) is 6.92 Å². The van der Waals surface area contributed by atoms with Gasteiger partial charge in [-0.05, 0) is 43.7 Å². The van der Waals surface area contributed by atoms with Crippen LogP contribution in [0.2, 0.25) is 5.02 Å². The van der Waals surface area contributed by atoms with Crippen molar-refractivity contribution in [2.75, 3.05) is 13.2 Å². The monoisotopic (exact) mass is 478 g/mol. The van der Waals surface area contributed by atoms with Crippen LogP contribution in [-0.4, -0.2) is 29.5 Å². The maximum Gasteiger partial charge on any atom is 0.279 e. The van der Waals surface area contributed by atoms with Crippen LogP contribution in [0.1, 0.15) is 38.8 Å². The molecule has 0 aliphatic rings. The summed E-state index contributed by atoms with van der Waals surface area (Å²) in [5.41, 5.74) is 3.46. The Hall–Kier alpha value is -3.06. The predicted molar refractivity (Wildman–Crippen MR) is 132 cm³/mol. The highest BCUT2D eigenvalue weighted by Crippen LogP contribution is 2.27. The third-order valence-corrected chi connectivity index (χ3v) is 6.77. The molecule has 0 saturated carbocycles. The van der Waals surface area contributed by atoms with Crippen LogP contribution >= 0.6 is 22.9 Å². The van der Waals surface area contributed by atoms with Gasteiger partial charge in [-0.2, -0.15) is 4.99 Å². The first-order valence-electron chi connectivity index (χ1n) is 10.6. The van der Waals surface area contributed by atoms with Gasteiger partial charge in [0.25, 0.3) is 5.91 Å². The van der Waals surface area contributed by atoms with Gasteiger partial charge >= 0.3 is 0 Å². The van der Waals surface area contributed by atoms with Crippen molar-refractivity contribution < 1.29 is 14.3 Å². The first-order chi connectivity index (χ1) is 16.0. The summed E-state index contributed by atoms with van der Waals surface area (Å²) in [4.78, 5) is 30.6. The Morgan fingerprint density at radius 3 is 2.33 bits per heavy atom. The standard InChI is InChI=1S/C26H23ClN2O3S/c1-3-32-16-15-29-23-17(2)21(27)13-14-22(23)33-26(29)28-25(31)20-11-9-19(10-12-20)24(30)18-7-5-4-6-8-18/h4-14H,3,15-16H2,1-2H3. The van der Waals surface area contributed by atoms with E-state index in [2.05, 4.69) is 4.99 Å². The van der Waals surface area contributed by atoms with Gasteiger partial charge in [-0.25, -0.2) is 0 Å². The molecule has 0 aliphatic carbocycles. The van der Waals surface area contributed by atoms with E-state index < -0.39 is 0 Å². The van der Waals surface area contributed by atoms with Crippen LogP contribution in [0.25, 0.3) is 10.2 Å². The summed E-state index contributed by atoms with van der Waals surface area (Å²) < 4.78 is 8.53. The number of fused-ring (bicyclic) bond motifs is 1. The fourth-order valence-electron chi connectivity index (χ4n) is 3.58. The number of ketones is 1. The summed E-state index contributed by atoms with van der Waals surface area (Å²) in [6.45, 7) is 5.58. The molecule has 0 spiro atoms.